The van der Waals surface area contributed by atoms with Crippen LogP contribution < -0.4 is 4.74 Å². The summed E-state index contributed by atoms with van der Waals surface area (Å²) < 4.78 is 30.5. The third kappa shape index (κ3) is 8.17. The Balaban J connectivity index is 1.75. The van der Waals surface area contributed by atoms with E-state index in [1.165, 1.54) is 31.0 Å². The van der Waals surface area contributed by atoms with Crippen molar-refractivity contribution in [3.05, 3.63) is 75.5 Å². The number of carbonyl (C=O) groups excluding carboxylic acids is 2. The molecule has 0 saturated heterocycles. The summed E-state index contributed by atoms with van der Waals surface area (Å²) >= 11 is 1.30. The molecule has 0 aliphatic heterocycles. The molecule has 1 aromatic carbocycles. The lowest BCUT2D eigenvalue weighted by atomic mass is 10.1. The van der Waals surface area contributed by atoms with Crippen LogP contribution in [0.2, 0.25) is 0 Å². The fourth-order valence-corrected chi connectivity index (χ4v) is 5.31. The summed E-state index contributed by atoms with van der Waals surface area (Å²) in [5, 5.41) is 0.582. The molecule has 0 N–H and O–H groups in total. The molecule has 0 saturated carbocycles. The first-order valence-electron chi connectivity index (χ1n) is 11.8. The number of hydrogen-bond donors (Lipinski definition) is 0. The van der Waals surface area contributed by atoms with Gasteiger partial charge in [-0.05, 0) is 37.5 Å². The van der Waals surface area contributed by atoms with E-state index >= 15 is 0 Å². The summed E-state index contributed by atoms with van der Waals surface area (Å²) in [4.78, 5) is 37.0. The van der Waals surface area contributed by atoms with Crippen molar-refractivity contribution in [2.45, 2.75) is 32.7 Å². The van der Waals surface area contributed by atoms with Gasteiger partial charge in [-0.2, -0.15) is 0 Å². The molecule has 0 radical (unpaired) electrons. The summed E-state index contributed by atoms with van der Waals surface area (Å²) in [5.41, 5.74) is 1.95. The number of amides is 1. The number of carbonyl (C=O) groups is 2. The third-order valence-corrected chi connectivity index (χ3v) is 8.45. The molecule has 2 aromatic heterocycles. The van der Waals surface area contributed by atoms with Gasteiger partial charge in [0.25, 0.3) is 0 Å². The van der Waals surface area contributed by atoms with E-state index in [9.17, 15) is 18.0 Å². The fourth-order valence-electron chi connectivity index (χ4n) is 3.62. The van der Waals surface area contributed by atoms with Gasteiger partial charge in [0.2, 0.25) is 15.9 Å². The second kappa shape index (κ2) is 12.9. The number of Topliss-reactive ketones (excluding diaryl/α,β-unsaturated/α-hetero) is 1. The van der Waals surface area contributed by atoms with Gasteiger partial charge in [0, 0.05) is 31.2 Å². The molecule has 0 bridgehead atoms. The Kier molecular flexibility index (Phi) is 9.90. The first-order valence-corrected chi connectivity index (χ1v) is 14.2. The molecule has 11 heteroatoms. The molecule has 1 amide bonds. The lowest BCUT2D eigenvalue weighted by molar-refractivity contribution is -0.131. The van der Waals surface area contributed by atoms with E-state index in [2.05, 4.69) is 22.1 Å². The zero-order valence-corrected chi connectivity index (χ0v) is 23.1. The van der Waals surface area contributed by atoms with Gasteiger partial charge in [0.1, 0.15) is 22.2 Å². The van der Waals surface area contributed by atoms with Gasteiger partial charge in [-0.3, -0.25) is 14.6 Å². The predicted molar refractivity (Wildman–Crippen MR) is 143 cm³/mol. The lowest BCUT2D eigenvalue weighted by Crippen LogP contribution is -2.33. The van der Waals surface area contributed by atoms with Crippen molar-refractivity contribution in [1.29, 1.82) is 0 Å². The number of aryl methyl sites for hydroxylation is 2. The Morgan fingerprint density at radius 2 is 1.81 bits per heavy atom. The molecular weight excluding hydrogens is 512 g/mol. The quantitative estimate of drug-likeness (QED) is 0.304. The number of aromatic nitrogens is 2. The number of benzene rings is 1. The highest BCUT2D eigenvalue weighted by atomic mass is 32.2. The molecule has 2 heterocycles. The minimum Gasteiger partial charge on any atom is -0.495 e. The zero-order chi connectivity index (χ0) is 27.0. The van der Waals surface area contributed by atoms with E-state index in [-0.39, 0.29) is 24.6 Å². The zero-order valence-electron chi connectivity index (χ0n) is 21.5. The summed E-state index contributed by atoms with van der Waals surface area (Å²) in [6.07, 6.45) is 3.26. The molecule has 0 aliphatic rings. The van der Waals surface area contributed by atoms with Gasteiger partial charge < -0.3 is 9.64 Å². The summed E-state index contributed by atoms with van der Waals surface area (Å²) in [7, 11) is 0.632. The number of rotatable bonds is 13. The van der Waals surface area contributed by atoms with Crippen LogP contribution in [0.15, 0.2) is 48.7 Å². The van der Waals surface area contributed by atoms with Gasteiger partial charge in [-0.15, -0.1) is 11.3 Å². The topological polar surface area (TPSA) is 110 Å². The van der Waals surface area contributed by atoms with Crippen LogP contribution in [0.5, 0.6) is 5.75 Å². The van der Waals surface area contributed by atoms with Crippen molar-refractivity contribution in [3.8, 4) is 5.75 Å². The standard InChI is InChI=1S/C26H32N4O5S2/c1-19-26(23(31)18-37(33,34)29(2)3)28-24(36-19)17-30(14-8-11-20-9-6-5-7-10-20)25(32)15-21-12-13-22(35-4)16-27-21/h5-7,9-10,12-13,16H,8,11,14-15,17-18H2,1-4H3. The predicted octanol–water partition coefficient (Wildman–Crippen LogP) is 3.13. The van der Waals surface area contributed by atoms with E-state index in [1.807, 2.05) is 18.2 Å². The molecular formula is C26H32N4O5S2. The summed E-state index contributed by atoms with van der Waals surface area (Å²) in [6, 6.07) is 13.6. The first-order chi connectivity index (χ1) is 17.6. The van der Waals surface area contributed by atoms with Crippen LogP contribution in [-0.2, 0) is 34.2 Å². The number of thiazole rings is 1. The van der Waals surface area contributed by atoms with Crippen molar-refractivity contribution in [3.63, 3.8) is 0 Å². The molecule has 0 aliphatic carbocycles. The summed E-state index contributed by atoms with van der Waals surface area (Å²) in [6.45, 7) is 2.46. The molecule has 0 unspecified atom stereocenters. The molecule has 0 atom stereocenters. The molecule has 198 valence electrons. The van der Waals surface area contributed by atoms with E-state index in [1.54, 1.807) is 37.3 Å². The number of ketones is 1. The molecule has 3 rings (SSSR count). The van der Waals surface area contributed by atoms with Gasteiger partial charge in [-0.1, -0.05) is 30.3 Å². The number of nitrogens with zero attached hydrogens (tertiary/aromatic N) is 4. The minimum atomic E-state index is -3.70. The molecule has 3 aromatic rings. The van der Waals surface area contributed by atoms with Crippen molar-refractivity contribution in [1.82, 2.24) is 19.2 Å². The Bertz CT molecular complexity index is 1310. The Hall–Kier alpha value is -3.15. The van der Waals surface area contributed by atoms with Crippen molar-refractivity contribution in [2.24, 2.45) is 0 Å². The van der Waals surface area contributed by atoms with Gasteiger partial charge in [0.05, 0.1) is 26.3 Å². The van der Waals surface area contributed by atoms with Crippen molar-refractivity contribution < 1.29 is 22.7 Å². The number of hydrogen-bond acceptors (Lipinski definition) is 8. The first kappa shape index (κ1) is 28.4. The summed E-state index contributed by atoms with van der Waals surface area (Å²) in [5.74, 6) is -0.699. The number of pyridine rings is 1. The van der Waals surface area contributed by atoms with Gasteiger partial charge in [0.15, 0.2) is 5.78 Å². The second-order valence-corrected chi connectivity index (χ2v) is 12.2. The van der Waals surface area contributed by atoms with E-state index < -0.39 is 21.6 Å². The fraction of sp³-hybridized carbons (Fsp3) is 0.385. The maximum Gasteiger partial charge on any atom is 0.228 e. The monoisotopic (exact) mass is 544 g/mol. The minimum absolute atomic E-state index is 0.110. The Morgan fingerprint density at radius 1 is 1.08 bits per heavy atom. The second-order valence-electron chi connectivity index (χ2n) is 8.74. The van der Waals surface area contributed by atoms with Gasteiger partial charge in [-0.25, -0.2) is 17.7 Å². The van der Waals surface area contributed by atoms with Crippen molar-refractivity contribution >= 4 is 33.1 Å². The number of sulfonamides is 1. The molecule has 9 nitrogen and oxygen atoms in total. The molecule has 0 fully saturated rings. The highest BCUT2D eigenvalue weighted by Gasteiger charge is 2.25. The maximum absolute atomic E-state index is 13.3. The molecule has 37 heavy (non-hydrogen) atoms. The Labute approximate surface area is 222 Å². The van der Waals surface area contributed by atoms with Crippen LogP contribution in [0.3, 0.4) is 0 Å². The Morgan fingerprint density at radius 3 is 2.43 bits per heavy atom. The van der Waals surface area contributed by atoms with Crippen LogP contribution in [0.4, 0.5) is 0 Å². The smallest absolute Gasteiger partial charge is 0.228 e. The number of ether oxygens (including phenoxy) is 1. The van der Waals surface area contributed by atoms with Crippen LogP contribution in [-0.4, -0.2) is 72.8 Å². The average molecular weight is 545 g/mol. The normalized spacial score (nSPS) is 11.5. The SMILES string of the molecule is COc1ccc(CC(=O)N(CCCc2ccccc2)Cc2nc(C(=O)CS(=O)(=O)N(C)C)c(C)s2)nc1. The largest absolute Gasteiger partial charge is 0.495 e. The van der Waals surface area contributed by atoms with Crippen LogP contribution in [0.25, 0.3) is 0 Å². The van der Waals surface area contributed by atoms with Crippen LogP contribution in [0, 0.1) is 6.92 Å². The average Bonchev–Trinajstić information content (AvgIpc) is 3.24. The highest BCUT2D eigenvalue weighted by molar-refractivity contribution is 7.89. The van der Waals surface area contributed by atoms with Gasteiger partial charge >= 0.3 is 0 Å². The maximum atomic E-state index is 13.3. The van der Waals surface area contributed by atoms with Crippen molar-refractivity contribution in [2.75, 3.05) is 33.5 Å². The third-order valence-electron chi connectivity index (χ3n) is 5.76. The highest BCUT2D eigenvalue weighted by Crippen LogP contribution is 2.21. The molecule has 0 spiro atoms. The van der Waals surface area contributed by atoms with E-state index in [4.69, 9.17) is 4.74 Å². The van der Waals surface area contributed by atoms with Crippen LogP contribution in [0.1, 0.15) is 38.1 Å². The van der Waals surface area contributed by atoms with Crippen LogP contribution >= 0.6 is 11.3 Å². The lowest BCUT2D eigenvalue weighted by Gasteiger charge is -2.22. The van der Waals surface area contributed by atoms with E-state index in [0.717, 1.165) is 17.1 Å². The van der Waals surface area contributed by atoms with E-state index in [0.29, 0.717) is 27.9 Å². The number of methoxy groups -OCH3 is 1.